The summed E-state index contributed by atoms with van der Waals surface area (Å²) in [5.74, 6) is 1.36. The molecule has 3 heterocycles. The average molecular weight is 447 g/mol. The highest BCUT2D eigenvalue weighted by molar-refractivity contribution is 7.99. The maximum Gasteiger partial charge on any atom is 0.233 e. The van der Waals surface area contributed by atoms with E-state index in [0.29, 0.717) is 29.7 Å². The number of rotatable bonds is 7. The van der Waals surface area contributed by atoms with E-state index in [-0.39, 0.29) is 29.2 Å². The molecule has 0 spiro atoms. The molecule has 0 bridgehead atoms. The lowest BCUT2D eigenvalue weighted by atomic mass is 10.2. The first-order valence-corrected chi connectivity index (χ1v) is 12.5. The largest absolute Gasteiger partial charge is 0.461 e. The quantitative estimate of drug-likeness (QED) is 0.515. The van der Waals surface area contributed by atoms with Crippen molar-refractivity contribution in [3.63, 3.8) is 0 Å². The summed E-state index contributed by atoms with van der Waals surface area (Å²) in [6.07, 6.45) is 2.07. The van der Waals surface area contributed by atoms with Gasteiger partial charge >= 0.3 is 0 Å². The molecule has 8 nitrogen and oxygen atoms in total. The molecular weight excluding hydrogens is 424 g/mol. The second-order valence-electron chi connectivity index (χ2n) is 6.98. The number of nitrogens with zero attached hydrogens (tertiary/aromatic N) is 4. The van der Waals surface area contributed by atoms with Crippen molar-refractivity contribution < 1.29 is 17.6 Å². The number of benzene rings is 1. The highest BCUT2D eigenvalue weighted by Gasteiger charge is 2.34. The Balaban J connectivity index is 1.55. The fraction of sp³-hybridized carbons (Fsp3) is 0.350. The molecule has 158 valence electrons. The van der Waals surface area contributed by atoms with Gasteiger partial charge in [0.15, 0.2) is 20.8 Å². The third-order valence-corrected chi connectivity index (χ3v) is 7.69. The molecule has 1 atom stereocenters. The Bertz CT molecular complexity index is 1110. The van der Waals surface area contributed by atoms with Crippen LogP contribution < -0.4 is 0 Å². The number of aromatic nitrogens is 3. The summed E-state index contributed by atoms with van der Waals surface area (Å²) in [5.41, 5.74) is 0.859. The highest BCUT2D eigenvalue weighted by atomic mass is 32.2. The Kier molecular flexibility index (Phi) is 5.96. The molecule has 10 heteroatoms. The van der Waals surface area contributed by atoms with Crippen LogP contribution in [0.1, 0.15) is 13.3 Å². The predicted molar refractivity (Wildman–Crippen MR) is 114 cm³/mol. The van der Waals surface area contributed by atoms with Gasteiger partial charge in [0, 0.05) is 18.3 Å². The van der Waals surface area contributed by atoms with Crippen molar-refractivity contribution >= 4 is 27.5 Å². The number of para-hydroxylation sites is 1. The van der Waals surface area contributed by atoms with Crippen molar-refractivity contribution in [2.24, 2.45) is 0 Å². The SMILES string of the molecule is CCN(C(=O)CSc1nnc(-c2ccco2)n1-c1ccccc1)C1CCS(=O)(=O)C1. The Morgan fingerprint density at radius 2 is 2.03 bits per heavy atom. The van der Waals surface area contributed by atoms with Crippen LogP contribution in [-0.2, 0) is 14.6 Å². The van der Waals surface area contributed by atoms with E-state index < -0.39 is 9.84 Å². The maximum atomic E-state index is 12.9. The normalized spacial score (nSPS) is 17.8. The van der Waals surface area contributed by atoms with Gasteiger partial charge in [-0.3, -0.25) is 9.36 Å². The van der Waals surface area contributed by atoms with Crippen LogP contribution in [-0.4, -0.2) is 63.8 Å². The summed E-state index contributed by atoms with van der Waals surface area (Å²) in [7, 11) is -3.05. The minimum Gasteiger partial charge on any atom is -0.461 e. The first-order valence-electron chi connectivity index (χ1n) is 9.66. The van der Waals surface area contributed by atoms with E-state index in [1.165, 1.54) is 11.8 Å². The summed E-state index contributed by atoms with van der Waals surface area (Å²) in [6.45, 7) is 2.34. The topological polar surface area (TPSA) is 98.3 Å². The Morgan fingerprint density at radius 1 is 1.23 bits per heavy atom. The van der Waals surface area contributed by atoms with Crippen LogP contribution >= 0.6 is 11.8 Å². The third-order valence-electron chi connectivity index (χ3n) is 5.02. The second kappa shape index (κ2) is 8.65. The lowest BCUT2D eigenvalue weighted by molar-refractivity contribution is -0.129. The Morgan fingerprint density at radius 3 is 2.67 bits per heavy atom. The fourth-order valence-corrected chi connectivity index (χ4v) is 6.18. The molecule has 1 aromatic carbocycles. The molecule has 30 heavy (non-hydrogen) atoms. The Hall–Kier alpha value is -2.59. The van der Waals surface area contributed by atoms with E-state index >= 15 is 0 Å². The molecule has 4 rings (SSSR count). The molecule has 0 radical (unpaired) electrons. The van der Waals surface area contributed by atoms with Gasteiger partial charge in [-0.05, 0) is 37.6 Å². The number of amides is 1. The number of furan rings is 1. The molecule has 0 saturated carbocycles. The van der Waals surface area contributed by atoms with Gasteiger partial charge in [-0.15, -0.1) is 10.2 Å². The van der Waals surface area contributed by atoms with Crippen LogP contribution in [0.3, 0.4) is 0 Å². The van der Waals surface area contributed by atoms with Crippen molar-refractivity contribution in [1.29, 1.82) is 0 Å². The zero-order chi connectivity index (χ0) is 21.1. The molecule has 0 N–H and O–H groups in total. The lowest BCUT2D eigenvalue weighted by Crippen LogP contribution is -2.42. The van der Waals surface area contributed by atoms with Crippen molar-refractivity contribution in [2.45, 2.75) is 24.5 Å². The monoisotopic (exact) mass is 446 g/mol. The molecule has 1 fully saturated rings. The first kappa shape index (κ1) is 20.7. The molecule has 1 amide bonds. The van der Waals surface area contributed by atoms with Crippen molar-refractivity contribution in [3.8, 4) is 17.3 Å². The van der Waals surface area contributed by atoms with E-state index in [9.17, 15) is 13.2 Å². The van der Waals surface area contributed by atoms with Gasteiger partial charge in [0.1, 0.15) is 0 Å². The van der Waals surface area contributed by atoms with Crippen LogP contribution in [0.5, 0.6) is 0 Å². The second-order valence-corrected chi connectivity index (χ2v) is 10.2. The van der Waals surface area contributed by atoms with Gasteiger partial charge in [0.2, 0.25) is 11.7 Å². The molecule has 0 aliphatic carbocycles. The summed E-state index contributed by atoms with van der Waals surface area (Å²) in [4.78, 5) is 14.5. The first-order chi connectivity index (χ1) is 14.5. The smallest absolute Gasteiger partial charge is 0.233 e. The van der Waals surface area contributed by atoms with E-state index in [2.05, 4.69) is 10.2 Å². The van der Waals surface area contributed by atoms with Crippen LogP contribution in [0.25, 0.3) is 17.3 Å². The molecule has 2 aromatic heterocycles. The van der Waals surface area contributed by atoms with Crippen LogP contribution in [0.15, 0.2) is 58.3 Å². The highest BCUT2D eigenvalue weighted by Crippen LogP contribution is 2.28. The lowest BCUT2D eigenvalue weighted by Gasteiger charge is -2.26. The van der Waals surface area contributed by atoms with Crippen LogP contribution in [0.2, 0.25) is 0 Å². The van der Waals surface area contributed by atoms with Crippen molar-refractivity contribution in [1.82, 2.24) is 19.7 Å². The number of sulfone groups is 1. The number of thioether (sulfide) groups is 1. The van der Waals surface area contributed by atoms with Gasteiger partial charge in [-0.1, -0.05) is 30.0 Å². The third kappa shape index (κ3) is 4.29. The molecule has 3 aromatic rings. The van der Waals surface area contributed by atoms with Gasteiger partial charge in [-0.25, -0.2) is 8.42 Å². The molecular formula is C20H22N4O4S2. The Labute approximate surface area is 179 Å². The summed E-state index contributed by atoms with van der Waals surface area (Å²) in [6, 6.07) is 13.0. The average Bonchev–Trinajstić information content (AvgIpc) is 3.47. The molecule has 1 aliphatic rings. The number of carbonyl (C=O) groups excluding carboxylic acids is 1. The zero-order valence-corrected chi connectivity index (χ0v) is 18.1. The summed E-state index contributed by atoms with van der Waals surface area (Å²) >= 11 is 1.28. The minimum atomic E-state index is -3.05. The van der Waals surface area contributed by atoms with Crippen molar-refractivity contribution in [3.05, 3.63) is 48.7 Å². The predicted octanol–water partition coefficient (Wildman–Crippen LogP) is 2.66. The van der Waals surface area contributed by atoms with Gasteiger partial charge in [0.25, 0.3) is 0 Å². The maximum absolute atomic E-state index is 12.9. The van der Waals surface area contributed by atoms with E-state index in [4.69, 9.17) is 4.42 Å². The van der Waals surface area contributed by atoms with Gasteiger partial charge in [-0.2, -0.15) is 0 Å². The molecule has 1 saturated heterocycles. The fourth-order valence-electron chi connectivity index (χ4n) is 3.61. The molecule has 1 unspecified atom stereocenters. The standard InChI is InChI=1S/C20H22N4O4S2/c1-2-23(16-10-12-30(26,27)14-16)18(25)13-29-20-22-21-19(17-9-6-11-28-17)24(20)15-7-4-3-5-8-15/h3-9,11,16H,2,10,12-14H2,1H3. The van der Waals surface area contributed by atoms with E-state index in [0.717, 1.165) is 5.69 Å². The van der Waals surface area contributed by atoms with E-state index in [1.807, 2.05) is 47.9 Å². The number of carbonyl (C=O) groups is 1. The summed E-state index contributed by atoms with van der Waals surface area (Å²) in [5, 5.41) is 9.11. The summed E-state index contributed by atoms with van der Waals surface area (Å²) < 4.78 is 31.0. The van der Waals surface area contributed by atoms with Crippen LogP contribution in [0, 0.1) is 0 Å². The van der Waals surface area contributed by atoms with E-state index in [1.54, 1.807) is 17.2 Å². The van der Waals surface area contributed by atoms with Gasteiger partial charge < -0.3 is 9.32 Å². The van der Waals surface area contributed by atoms with Crippen LogP contribution in [0.4, 0.5) is 0 Å². The minimum absolute atomic E-state index is 0.0418. The zero-order valence-electron chi connectivity index (χ0n) is 16.5. The van der Waals surface area contributed by atoms with Crippen molar-refractivity contribution in [2.75, 3.05) is 23.8 Å². The molecule has 1 aliphatic heterocycles. The number of hydrogen-bond donors (Lipinski definition) is 0. The van der Waals surface area contributed by atoms with Gasteiger partial charge in [0.05, 0.1) is 23.5 Å². The number of hydrogen-bond acceptors (Lipinski definition) is 7.